The number of carboxylic acids is 1. The van der Waals surface area contributed by atoms with Crippen LogP contribution in [0.3, 0.4) is 0 Å². The predicted molar refractivity (Wildman–Crippen MR) is 67.6 cm³/mol. The van der Waals surface area contributed by atoms with Crippen molar-refractivity contribution >= 4 is 5.97 Å². The molecule has 2 aromatic rings. The highest BCUT2D eigenvalue weighted by Crippen LogP contribution is 2.25. The third-order valence-electron chi connectivity index (χ3n) is 2.79. The Balaban J connectivity index is 2.65. The Labute approximate surface area is 105 Å². The molecule has 1 N–H and O–H groups in total. The molecule has 0 aliphatic heterocycles. The molecule has 0 saturated heterocycles. The van der Waals surface area contributed by atoms with Crippen LogP contribution in [0, 0.1) is 13.8 Å². The van der Waals surface area contributed by atoms with Gasteiger partial charge in [0, 0.05) is 5.56 Å². The summed E-state index contributed by atoms with van der Waals surface area (Å²) in [5.74, 6) is -1.05. The summed E-state index contributed by atoms with van der Waals surface area (Å²) in [6.45, 7) is 6.32. The summed E-state index contributed by atoms with van der Waals surface area (Å²) in [4.78, 5) is 12.6. The molecule has 0 fully saturated rings. The van der Waals surface area contributed by atoms with E-state index in [9.17, 15) is 9.90 Å². The van der Waals surface area contributed by atoms with Crippen LogP contribution in [0.1, 0.15) is 28.5 Å². The minimum atomic E-state index is -1.05. The lowest BCUT2D eigenvalue weighted by Gasteiger charge is -2.04. The molecule has 0 aliphatic rings. The number of aromatic nitrogens is 3. The molecular weight excluding hydrogens is 230 g/mol. The fraction of sp³-hybridized carbons (Fsp3) is 0.308. The SMILES string of the molecule is CCn1nc(C(=O)O)c(-c2cc(C)ccc2C)n1. The van der Waals surface area contributed by atoms with Crippen molar-refractivity contribution in [1.82, 2.24) is 15.0 Å². The molecule has 0 saturated carbocycles. The fourth-order valence-electron chi connectivity index (χ4n) is 1.81. The maximum Gasteiger partial charge on any atom is 0.358 e. The van der Waals surface area contributed by atoms with Crippen LogP contribution in [0.25, 0.3) is 11.3 Å². The van der Waals surface area contributed by atoms with E-state index in [0.29, 0.717) is 12.2 Å². The molecule has 0 amide bonds. The van der Waals surface area contributed by atoms with E-state index in [0.717, 1.165) is 16.7 Å². The van der Waals surface area contributed by atoms with Crippen LogP contribution in [-0.2, 0) is 6.54 Å². The zero-order valence-electron chi connectivity index (χ0n) is 10.6. The average molecular weight is 245 g/mol. The summed E-state index contributed by atoms with van der Waals surface area (Å²) in [6, 6.07) is 5.89. The quantitative estimate of drug-likeness (QED) is 0.900. The standard InChI is InChI=1S/C13H15N3O2/c1-4-16-14-11(12(15-16)13(17)18)10-7-8(2)5-6-9(10)3/h5-7H,4H2,1-3H3,(H,17,18). The first-order valence-electron chi connectivity index (χ1n) is 5.79. The molecule has 0 atom stereocenters. The van der Waals surface area contributed by atoms with E-state index in [1.54, 1.807) is 0 Å². The summed E-state index contributed by atoms with van der Waals surface area (Å²) in [5.41, 5.74) is 3.33. The van der Waals surface area contributed by atoms with Crippen LogP contribution in [0.15, 0.2) is 18.2 Å². The van der Waals surface area contributed by atoms with Gasteiger partial charge in [-0.2, -0.15) is 9.90 Å². The Bertz CT molecular complexity index is 602. The van der Waals surface area contributed by atoms with Crippen LogP contribution in [0.2, 0.25) is 0 Å². The first-order valence-corrected chi connectivity index (χ1v) is 5.79. The number of hydrogen-bond donors (Lipinski definition) is 1. The third kappa shape index (κ3) is 2.11. The molecule has 5 heteroatoms. The Morgan fingerprint density at radius 3 is 2.67 bits per heavy atom. The first kappa shape index (κ1) is 12.3. The van der Waals surface area contributed by atoms with Crippen molar-refractivity contribution in [3.05, 3.63) is 35.0 Å². The molecule has 0 spiro atoms. The van der Waals surface area contributed by atoms with Gasteiger partial charge in [0.2, 0.25) is 0 Å². The third-order valence-corrected chi connectivity index (χ3v) is 2.79. The molecule has 0 aliphatic carbocycles. The average Bonchev–Trinajstić information content (AvgIpc) is 2.76. The molecule has 94 valence electrons. The van der Waals surface area contributed by atoms with E-state index in [-0.39, 0.29) is 5.69 Å². The number of aryl methyl sites for hydroxylation is 3. The van der Waals surface area contributed by atoms with Crippen molar-refractivity contribution in [1.29, 1.82) is 0 Å². The summed E-state index contributed by atoms with van der Waals surface area (Å²) in [6.07, 6.45) is 0. The molecule has 1 aromatic carbocycles. The van der Waals surface area contributed by atoms with E-state index in [2.05, 4.69) is 10.2 Å². The van der Waals surface area contributed by atoms with Gasteiger partial charge in [0.1, 0.15) is 5.69 Å². The summed E-state index contributed by atoms with van der Waals surface area (Å²) in [7, 11) is 0. The highest BCUT2D eigenvalue weighted by atomic mass is 16.4. The monoisotopic (exact) mass is 245 g/mol. The lowest BCUT2D eigenvalue weighted by molar-refractivity contribution is 0.0690. The van der Waals surface area contributed by atoms with Gasteiger partial charge in [-0.25, -0.2) is 4.79 Å². The van der Waals surface area contributed by atoms with E-state index in [1.165, 1.54) is 4.80 Å². The van der Waals surface area contributed by atoms with Gasteiger partial charge in [0.25, 0.3) is 0 Å². The molecule has 0 unspecified atom stereocenters. The minimum Gasteiger partial charge on any atom is -0.476 e. The van der Waals surface area contributed by atoms with Gasteiger partial charge in [-0.05, 0) is 32.4 Å². The number of benzene rings is 1. The Morgan fingerprint density at radius 2 is 2.06 bits per heavy atom. The Kier molecular flexibility index (Phi) is 3.14. The smallest absolute Gasteiger partial charge is 0.358 e. The topological polar surface area (TPSA) is 68.0 Å². The molecule has 5 nitrogen and oxygen atoms in total. The van der Waals surface area contributed by atoms with Gasteiger partial charge < -0.3 is 5.11 Å². The van der Waals surface area contributed by atoms with Gasteiger partial charge in [0.05, 0.1) is 6.54 Å². The fourth-order valence-corrected chi connectivity index (χ4v) is 1.81. The van der Waals surface area contributed by atoms with Crippen molar-refractivity contribution in [2.75, 3.05) is 0 Å². The van der Waals surface area contributed by atoms with Gasteiger partial charge in [-0.3, -0.25) is 0 Å². The number of carbonyl (C=O) groups is 1. The van der Waals surface area contributed by atoms with Gasteiger partial charge in [-0.15, -0.1) is 5.10 Å². The Morgan fingerprint density at radius 1 is 1.33 bits per heavy atom. The van der Waals surface area contributed by atoms with E-state index in [1.807, 2.05) is 39.0 Å². The highest BCUT2D eigenvalue weighted by molar-refractivity contribution is 5.93. The van der Waals surface area contributed by atoms with Crippen molar-refractivity contribution in [3.63, 3.8) is 0 Å². The van der Waals surface area contributed by atoms with E-state index >= 15 is 0 Å². The lowest BCUT2D eigenvalue weighted by Crippen LogP contribution is -2.02. The highest BCUT2D eigenvalue weighted by Gasteiger charge is 2.20. The predicted octanol–water partition coefficient (Wildman–Crippen LogP) is 2.28. The zero-order valence-corrected chi connectivity index (χ0v) is 10.6. The number of rotatable bonds is 3. The van der Waals surface area contributed by atoms with Gasteiger partial charge in [0.15, 0.2) is 5.69 Å². The maximum absolute atomic E-state index is 11.2. The molecular formula is C13H15N3O2. The summed E-state index contributed by atoms with van der Waals surface area (Å²) < 4.78 is 0. The largest absolute Gasteiger partial charge is 0.476 e. The van der Waals surface area contributed by atoms with E-state index in [4.69, 9.17) is 0 Å². The maximum atomic E-state index is 11.2. The second-order valence-electron chi connectivity index (χ2n) is 4.21. The van der Waals surface area contributed by atoms with Crippen LogP contribution >= 0.6 is 0 Å². The number of aromatic carboxylic acids is 1. The number of hydrogen-bond acceptors (Lipinski definition) is 3. The lowest BCUT2D eigenvalue weighted by atomic mass is 10.0. The summed E-state index contributed by atoms with van der Waals surface area (Å²) in [5, 5.41) is 17.4. The molecule has 1 aromatic heterocycles. The molecule has 0 bridgehead atoms. The molecule has 2 rings (SSSR count). The first-order chi connectivity index (χ1) is 8.52. The van der Waals surface area contributed by atoms with Crippen LogP contribution in [-0.4, -0.2) is 26.1 Å². The van der Waals surface area contributed by atoms with Crippen LogP contribution in [0.5, 0.6) is 0 Å². The molecule has 0 radical (unpaired) electrons. The van der Waals surface area contributed by atoms with Crippen LogP contribution < -0.4 is 0 Å². The number of carboxylic acid groups (broad SMARTS) is 1. The van der Waals surface area contributed by atoms with Crippen molar-refractivity contribution < 1.29 is 9.90 Å². The van der Waals surface area contributed by atoms with Gasteiger partial charge in [-0.1, -0.05) is 17.7 Å². The minimum absolute atomic E-state index is 0.00514. The normalized spacial score (nSPS) is 10.6. The molecule has 18 heavy (non-hydrogen) atoms. The Hall–Kier alpha value is -2.17. The summed E-state index contributed by atoms with van der Waals surface area (Å²) >= 11 is 0. The zero-order chi connectivity index (χ0) is 13.3. The van der Waals surface area contributed by atoms with Crippen LogP contribution in [0.4, 0.5) is 0 Å². The van der Waals surface area contributed by atoms with Crippen molar-refractivity contribution in [3.8, 4) is 11.3 Å². The van der Waals surface area contributed by atoms with Gasteiger partial charge >= 0.3 is 5.97 Å². The van der Waals surface area contributed by atoms with Crippen molar-refractivity contribution in [2.24, 2.45) is 0 Å². The van der Waals surface area contributed by atoms with Crippen molar-refractivity contribution in [2.45, 2.75) is 27.3 Å². The molecule has 1 heterocycles. The second kappa shape index (κ2) is 4.60. The van der Waals surface area contributed by atoms with E-state index < -0.39 is 5.97 Å². The number of nitrogens with zero attached hydrogens (tertiary/aromatic N) is 3. The second-order valence-corrected chi connectivity index (χ2v) is 4.21.